The molecule has 0 radical (unpaired) electrons. The lowest BCUT2D eigenvalue weighted by atomic mass is 9.77. The maximum Gasteiger partial charge on any atom is 0.291 e. The average Bonchev–Trinajstić information content (AvgIpc) is 3.25. The molecule has 1 amide bonds. The lowest BCUT2D eigenvalue weighted by Gasteiger charge is -2.29. The Morgan fingerprint density at radius 2 is 2.05 bits per heavy atom. The first kappa shape index (κ1) is 28.3. The summed E-state index contributed by atoms with van der Waals surface area (Å²) in [7, 11) is -1.24. The van der Waals surface area contributed by atoms with E-state index < -0.39 is 14.0 Å². The first-order valence-electron chi connectivity index (χ1n) is 12.8. The number of carbonyl (C=O) groups excluding carboxylic acids is 1. The molecule has 3 rings (SSSR count). The summed E-state index contributed by atoms with van der Waals surface area (Å²) in [5, 5.41) is 12.4. The number of anilines is 1. The highest BCUT2D eigenvalue weighted by Crippen LogP contribution is 2.39. The fourth-order valence-electron chi connectivity index (χ4n) is 3.97. The predicted molar refractivity (Wildman–Crippen MR) is 150 cm³/mol. The third-order valence-corrected chi connectivity index (χ3v) is 8.05. The minimum absolute atomic E-state index is 0.122. The zero-order valence-corrected chi connectivity index (χ0v) is 24.0. The highest BCUT2D eigenvalue weighted by atomic mass is 28.3. The fourth-order valence-corrected chi connectivity index (χ4v) is 4.73. The molecule has 9 heteroatoms. The molecule has 2 aromatic heterocycles. The van der Waals surface area contributed by atoms with Crippen LogP contribution in [0.15, 0.2) is 31.0 Å². The van der Waals surface area contributed by atoms with Gasteiger partial charge < -0.3 is 19.4 Å². The summed E-state index contributed by atoms with van der Waals surface area (Å²) >= 11 is 0. The molecule has 37 heavy (non-hydrogen) atoms. The summed E-state index contributed by atoms with van der Waals surface area (Å²) in [6.45, 7) is 18.5. The molecule has 0 aliphatic heterocycles. The number of hydrogen-bond acceptors (Lipinski definition) is 6. The molecule has 8 nitrogen and oxygen atoms in total. The van der Waals surface area contributed by atoms with Gasteiger partial charge in [0.25, 0.3) is 5.91 Å². The molecule has 0 saturated heterocycles. The van der Waals surface area contributed by atoms with Gasteiger partial charge in [-0.3, -0.25) is 4.79 Å². The number of imidazole rings is 1. The van der Waals surface area contributed by atoms with Gasteiger partial charge in [0.15, 0.2) is 5.69 Å². The van der Waals surface area contributed by atoms with E-state index in [1.165, 1.54) is 0 Å². The Balaban J connectivity index is 1.88. The van der Waals surface area contributed by atoms with Crippen LogP contribution < -0.4 is 5.32 Å². The quantitative estimate of drug-likeness (QED) is 0.211. The topological polar surface area (TPSA) is 102 Å². The van der Waals surface area contributed by atoms with Gasteiger partial charge >= 0.3 is 0 Å². The van der Waals surface area contributed by atoms with Crippen molar-refractivity contribution >= 4 is 31.0 Å². The van der Waals surface area contributed by atoms with Gasteiger partial charge in [-0.05, 0) is 55.4 Å². The van der Waals surface area contributed by atoms with Crippen molar-refractivity contribution < 1.29 is 14.3 Å². The predicted octanol–water partition coefficient (Wildman–Crippen LogP) is 6.32. The molecule has 1 aliphatic rings. The second kappa shape index (κ2) is 11.9. The normalized spacial score (nSPS) is 15.0. The minimum Gasteiger partial charge on any atom is -0.492 e. The van der Waals surface area contributed by atoms with Gasteiger partial charge in [-0.25, -0.2) is 9.97 Å². The van der Waals surface area contributed by atoms with Gasteiger partial charge in [0.05, 0.1) is 18.0 Å². The van der Waals surface area contributed by atoms with Crippen LogP contribution >= 0.6 is 0 Å². The van der Waals surface area contributed by atoms with Crippen LogP contribution in [0.5, 0.6) is 0 Å². The molecular weight excluding hydrogens is 482 g/mol. The zero-order chi connectivity index (χ0) is 27.2. The maximum absolute atomic E-state index is 13.4. The fraction of sp³-hybridized carbons (Fsp3) is 0.500. The van der Waals surface area contributed by atoms with Crippen LogP contribution in [0.25, 0.3) is 11.3 Å². The molecule has 2 aromatic rings. The first-order valence-corrected chi connectivity index (χ1v) is 16.5. The lowest BCUT2D eigenvalue weighted by Crippen LogP contribution is -2.23. The number of nitriles is 1. The van der Waals surface area contributed by atoms with Gasteiger partial charge in [-0.15, -0.1) is 0 Å². The van der Waals surface area contributed by atoms with Crippen molar-refractivity contribution in [2.75, 3.05) is 18.5 Å². The summed E-state index contributed by atoms with van der Waals surface area (Å²) in [6, 6.07) is 6.64. The van der Waals surface area contributed by atoms with Crippen LogP contribution in [0.1, 0.15) is 67.7 Å². The highest BCUT2D eigenvalue weighted by Gasteiger charge is 2.25. The van der Waals surface area contributed by atoms with Gasteiger partial charge in [0, 0.05) is 20.9 Å². The van der Waals surface area contributed by atoms with E-state index in [2.05, 4.69) is 56.4 Å². The Bertz CT molecular complexity index is 1220. The van der Waals surface area contributed by atoms with Crippen molar-refractivity contribution in [2.45, 2.75) is 72.4 Å². The number of aromatic nitrogens is 3. The largest absolute Gasteiger partial charge is 0.492 e. The Morgan fingerprint density at radius 3 is 2.68 bits per heavy atom. The summed E-state index contributed by atoms with van der Waals surface area (Å²) in [4.78, 5) is 22.4. The molecular formula is C28H39N5O3Si. The number of allylic oxidation sites excluding steroid dienone is 2. The first-order chi connectivity index (χ1) is 17.4. The number of nitrogens with one attached hydrogen (secondary N) is 1. The molecule has 0 bridgehead atoms. The Labute approximate surface area is 221 Å². The standard InChI is InChI=1S/C28H39N5O3Si/c1-8-36-20(2)23-9-10-24(25(31-23)21-11-13-28(3,4)14-12-21)32-27(34)26-30-22(17-29)18-33(26)19-35-15-16-37(5,6)7/h9-11,18H,2,8,12-16,19H2,1,3-7H3,(H,32,34). The van der Waals surface area contributed by atoms with Crippen molar-refractivity contribution in [3.05, 3.63) is 53.9 Å². The van der Waals surface area contributed by atoms with E-state index in [1.807, 2.05) is 19.1 Å². The number of ether oxygens (including phenoxy) is 2. The molecule has 2 heterocycles. The van der Waals surface area contributed by atoms with Crippen LogP contribution in [-0.2, 0) is 16.2 Å². The monoisotopic (exact) mass is 521 g/mol. The number of carbonyl (C=O) groups is 1. The number of amides is 1. The van der Waals surface area contributed by atoms with Crippen LogP contribution in [0.4, 0.5) is 5.69 Å². The summed E-state index contributed by atoms with van der Waals surface area (Å²) < 4.78 is 13.0. The lowest BCUT2D eigenvalue weighted by molar-refractivity contribution is 0.0808. The van der Waals surface area contributed by atoms with Crippen LogP contribution in [0.2, 0.25) is 25.7 Å². The van der Waals surface area contributed by atoms with Gasteiger partial charge in [0.1, 0.15) is 24.3 Å². The van der Waals surface area contributed by atoms with Crippen molar-refractivity contribution in [2.24, 2.45) is 5.41 Å². The SMILES string of the molecule is C=C(OCC)c1ccc(NC(=O)c2nc(C#N)cn2COCC[Si](C)(C)C)c(C2=CCC(C)(C)CC2)n1. The smallest absolute Gasteiger partial charge is 0.291 e. The van der Waals surface area contributed by atoms with Gasteiger partial charge in [-0.2, -0.15) is 5.26 Å². The van der Waals surface area contributed by atoms with Crippen molar-refractivity contribution in [3.63, 3.8) is 0 Å². The van der Waals surface area contributed by atoms with Crippen LogP contribution in [0.3, 0.4) is 0 Å². The number of pyridine rings is 1. The molecule has 0 fully saturated rings. The third-order valence-electron chi connectivity index (χ3n) is 6.34. The number of nitrogens with zero attached hydrogens (tertiary/aromatic N) is 4. The molecule has 0 atom stereocenters. The molecule has 1 aliphatic carbocycles. The summed E-state index contributed by atoms with van der Waals surface area (Å²) in [6.07, 6.45) is 6.55. The number of rotatable bonds is 11. The third kappa shape index (κ3) is 7.88. The Hall–Kier alpha value is -3.22. The van der Waals surface area contributed by atoms with E-state index in [9.17, 15) is 10.1 Å². The van der Waals surface area contributed by atoms with Crippen molar-refractivity contribution in [3.8, 4) is 6.07 Å². The van der Waals surface area contributed by atoms with E-state index in [0.29, 0.717) is 36.0 Å². The average molecular weight is 522 g/mol. The molecule has 0 saturated carbocycles. The molecule has 0 spiro atoms. The second-order valence-corrected chi connectivity index (χ2v) is 17.0. The van der Waals surface area contributed by atoms with E-state index >= 15 is 0 Å². The Morgan fingerprint density at radius 1 is 1.30 bits per heavy atom. The van der Waals surface area contributed by atoms with Gasteiger partial charge in [0.2, 0.25) is 5.82 Å². The van der Waals surface area contributed by atoms with Crippen molar-refractivity contribution in [1.82, 2.24) is 14.5 Å². The number of hydrogen-bond donors (Lipinski definition) is 1. The molecule has 198 valence electrons. The summed E-state index contributed by atoms with van der Waals surface area (Å²) in [5.41, 5.74) is 3.39. The molecule has 0 aromatic carbocycles. The van der Waals surface area contributed by atoms with Crippen molar-refractivity contribution in [1.29, 1.82) is 5.26 Å². The second-order valence-electron chi connectivity index (χ2n) is 11.4. The maximum atomic E-state index is 13.4. The highest BCUT2D eigenvalue weighted by molar-refractivity contribution is 6.76. The zero-order valence-electron chi connectivity index (χ0n) is 23.0. The van der Waals surface area contributed by atoms with E-state index in [1.54, 1.807) is 16.8 Å². The summed E-state index contributed by atoms with van der Waals surface area (Å²) in [5.74, 6) is 0.187. The van der Waals surface area contributed by atoms with E-state index in [0.717, 1.165) is 30.9 Å². The van der Waals surface area contributed by atoms with Crippen LogP contribution in [0, 0.1) is 16.7 Å². The Kier molecular flexibility index (Phi) is 9.10. The minimum atomic E-state index is -1.24. The molecule has 1 N–H and O–H groups in total. The van der Waals surface area contributed by atoms with Gasteiger partial charge in [-0.1, -0.05) is 46.1 Å². The molecule has 0 unspecified atom stereocenters. The van der Waals surface area contributed by atoms with E-state index in [-0.39, 0.29) is 23.7 Å². The van der Waals surface area contributed by atoms with Crippen LogP contribution in [-0.4, -0.2) is 41.7 Å². The van der Waals surface area contributed by atoms with E-state index in [4.69, 9.17) is 14.5 Å².